The van der Waals surface area contributed by atoms with Gasteiger partial charge in [0, 0.05) is 21.1 Å². The number of nitrogens with zero attached hydrogens (tertiary/aromatic N) is 1. The van der Waals surface area contributed by atoms with Crippen molar-refractivity contribution in [3.63, 3.8) is 0 Å². The summed E-state index contributed by atoms with van der Waals surface area (Å²) in [7, 11) is 1.50. The second kappa shape index (κ2) is 9.77. The predicted molar refractivity (Wildman–Crippen MR) is 149 cm³/mol. The highest BCUT2D eigenvalue weighted by molar-refractivity contribution is 9.11. The van der Waals surface area contributed by atoms with Gasteiger partial charge in [-0.1, -0.05) is 52.3 Å². The Hall–Kier alpha value is -3.27. The number of amides is 1. The van der Waals surface area contributed by atoms with Crippen LogP contribution in [-0.4, -0.2) is 23.1 Å². The summed E-state index contributed by atoms with van der Waals surface area (Å²) in [4.78, 5) is 17.6. The molecule has 0 unspecified atom stereocenters. The molecule has 0 saturated carbocycles. The molecule has 0 spiro atoms. The van der Waals surface area contributed by atoms with Gasteiger partial charge in [0.2, 0.25) is 5.89 Å². The second-order valence-corrected chi connectivity index (χ2v) is 9.79. The largest absolute Gasteiger partial charge is 0.495 e. The molecule has 5 rings (SSSR count). The highest BCUT2D eigenvalue weighted by Gasteiger charge is 2.18. The van der Waals surface area contributed by atoms with Crippen LogP contribution in [0.2, 0.25) is 0 Å². The highest BCUT2D eigenvalue weighted by atomic mass is 79.9. The first-order chi connectivity index (χ1) is 16.9. The number of hydrogen-bond acceptors (Lipinski definition) is 5. The van der Waals surface area contributed by atoms with E-state index in [1.54, 1.807) is 12.1 Å². The topological polar surface area (TPSA) is 76.4 Å². The molecular weight excluding hydrogens is 594 g/mol. The zero-order valence-electron chi connectivity index (χ0n) is 18.3. The van der Waals surface area contributed by atoms with E-state index in [4.69, 9.17) is 26.4 Å². The zero-order valence-corrected chi connectivity index (χ0v) is 22.3. The Morgan fingerprint density at radius 1 is 1.03 bits per heavy atom. The van der Waals surface area contributed by atoms with Crippen LogP contribution in [0.5, 0.6) is 5.75 Å². The Balaban J connectivity index is 1.37. The number of aromatic nitrogens is 1. The van der Waals surface area contributed by atoms with Crippen LogP contribution in [0.3, 0.4) is 0 Å². The summed E-state index contributed by atoms with van der Waals surface area (Å²) < 4.78 is 12.8. The van der Waals surface area contributed by atoms with Crippen LogP contribution in [0.4, 0.5) is 5.69 Å². The van der Waals surface area contributed by atoms with Crippen molar-refractivity contribution < 1.29 is 13.9 Å². The first kappa shape index (κ1) is 23.5. The third-order valence-electron chi connectivity index (χ3n) is 5.34. The lowest BCUT2D eigenvalue weighted by molar-refractivity contribution is 0.0974. The van der Waals surface area contributed by atoms with Crippen molar-refractivity contribution in [2.75, 3.05) is 12.4 Å². The lowest BCUT2D eigenvalue weighted by Crippen LogP contribution is -2.34. The molecule has 0 aliphatic rings. The molecule has 174 valence electrons. The Morgan fingerprint density at radius 2 is 1.86 bits per heavy atom. The van der Waals surface area contributed by atoms with Crippen LogP contribution in [0, 0.1) is 0 Å². The first-order valence-corrected chi connectivity index (χ1v) is 12.5. The van der Waals surface area contributed by atoms with Gasteiger partial charge in [-0.2, -0.15) is 0 Å². The van der Waals surface area contributed by atoms with Crippen LogP contribution < -0.4 is 15.4 Å². The molecule has 0 atom stereocenters. The maximum absolute atomic E-state index is 12.8. The molecule has 9 heteroatoms. The van der Waals surface area contributed by atoms with E-state index >= 15 is 0 Å². The molecule has 1 aromatic heterocycles. The van der Waals surface area contributed by atoms with Gasteiger partial charge >= 0.3 is 0 Å². The van der Waals surface area contributed by atoms with Gasteiger partial charge in [-0.05, 0) is 69.9 Å². The molecule has 4 aromatic carbocycles. The summed E-state index contributed by atoms with van der Waals surface area (Å²) in [6.45, 7) is 0. The van der Waals surface area contributed by atoms with Gasteiger partial charge in [-0.15, -0.1) is 0 Å². The molecule has 0 radical (unpaired) electrons. The van der Waals surface area contributed by atoms with Gasteiger partial charge < -0.3 is 14.5 Å². The molecular formula is C26H17Br2N3O3S. The zero-order chi connectivity index (χ0) is 24.5. The van der Waals surface area contributed by atoms with E-state index in [0.29, 0.717) is 32.9 Å². The van der Waals surface area contributed by atoms with Crippen LogP contribution in [0.25, 0.3) is 33.3 Å². The quantitative estimate of drug-likeness (QED) is 0.208. The fraction of sp³-hybridized carbons (Fsp3) is 0.0385. The minimum absolute atomic E-state index is 0.147. The van der Waals surface area contributed by atoms with E-state index in [1.165, 1.54) is 7.11 Å². The maximum atomic E-state index is 12.8. The molecule has 5 aromatic rings. The van der Waals surface area contributed by atoms with E-state index in [2.05, 4.69) is 42.5 Å². The molecule has 0 aliphatic heterocycles. The minimum atomic E-state index is -0.400. The average Bonchev–Trinajstić information content (AvgIpc) is 3.29. The van der Waals surface area contributed by atoms with Crippen molar-refractivity contribution >= 4 is 82.7 Å². The van der Waals surface area contributed by atoms with Gasteiger partial charge in [-0.25, -0.2) is 4.98 Å². The lowest BCUT2D eigenvalue weighted by atomic mass is 10.1. The van der Waals surface area contributed by atoms with Crippen molar-refractivity contribution in [2.24, 2.45) is 0 Å². The van der Waals surface area contributed by atoms with Crippen LogP contribution >= 0.6 is 44.1 Å². The van der Waals surface area contributed by atoms with Crippen molar-refractivity contribution in [2.45, 2.75) is 0 Å². The number of hydrogen-bond donors (Lipinski definition) is 2. The number of methoxy groups -OCH3 is 1. The van der Waals surface area contributed by atoms with Gasteiger partial charge in [-0.3, -0.25) is 10.1 Å². The molecule has 0 bridgehead atoms. The number of fused-ring (bicyclic) bond motifs is 3. The lowest BCUT2D eigenvalue weighted by Gasteiger charge is -2.13. The number of carbonyl (C=O) groups excluding carboxylic acids is 1. The van der Waals surface area contributed by atoms with Crippen molar-refractivity contribution in [1.29, 1.82) is 0 Å². The standard InChI is InChI=1S/C26H17Br2N3O3S/c1-33-23-19(12-16(27)13-20(23)28)24(32)31-26(35)29-17-7-4-6-15(11-17)25-30-22-18-8-3-2-5-14(18)9-10-21(22)34-25/h2-13H,1H3,(H2,29,31,32,35). The maximum Gasteiger partial charge on any atom is 0.261 e. The Labute approximate surface area is 222 Å². The third-order valence-corrected chi connectivity index (χ3v) is 6.59. The molecule has 0 saturated heterocycles. The molecule has 2 N–H and O–H groups in total. The number of oxazole rings is 1. The van der Waals surface area contributed by atoms with Crippen molar-refractivity contribution in [1.82, 2.24) is 10.3 Å². The number of halogens is 2. The number of rotatable bonds is 4. The number of ether oxygens (including phenoxy) is 1. The number of anilines is 1. The fourth-order valence-electron chi connectivity index (χ4n) is 3.78. The number of nitrogens with one attached hydrogen (secondary N) is 2. The summed E-state index contributed by atoms with van der Waals surface area (Å²) in [5, 5.41) is 8.03. The summed E-state index contributed by atoms with van der Waals surface area (Å²) >= 11 is 12.2. The molecule has 6 nitrogen and oxygen atoms in total. The second-order valence-electron chi connectivity index (χ2n) is 7.61. The highest BCUT2D eigenvalue weighted by Crippen LogP contribution is 2.33. The van der Waals surface area contributed by atoms with Crippen molar-refractivity contribution in [3.8, 4) is 17.2 Å². The minimum Gasteiger partial charge on any atom is -0.495 e. The van der Waals surface area contributed by atoms with Crippen LogP contribution in [0.15, 0.2) is 86.2 Å². The molecule has 1 amide bonds. The average molecular weight is 611 g/mol. The van der Waals surface area contributed by atoms with Gasteiger partial charge in [0.05, 0.1) is 17.1 Å². The summed E-state index contributed by atoms with van der Waals surface area (Å²) in [5.74, 6) is 0.515. The first-order valence-electron chi connectivity index (χ1n) is 10.5. The summed E-state index contributed by atoms with van der Waals surface area (Å²) in [6.07, 6.45) is 0. The summed E-state index contributed by atoms with van der Waals surface area (Å²) in [6, 6.07) is 22.9. The predicted octanol–water partition coefficient (Wildman–Crippen LogP) is 7.31. The Morgan fingerprint density at radius 3 is 2.69 bits per heavy atom. The van der Waals surface area contributed by atoms with E-state index in [9.17, 15) is 4.79 Å². The SMILES string of the molecule is COc1c(Br)cc(Br)cc1C(=O)NC(=S)Nc1cccc(-c2nc3c(ccc4ccccc43)o2)c1. The van der Waals surface area contributed by atoms with Gasteiger partial charge in [0.15, 0.2) is 10.7 Å². The number of benzene rings is 4. The molecule has 0 aliphatic carbocycles. The van der Waals surface area contributed by atoms with Gasteiger partial charge in [0.25, 0.3) is 5.91 Å². The van der Waals surface area contributed by atoms with Crippen LogP contribution in [-0.2, 0) is 0 Å². The van der Waals surface area contributed by atoms with E-state index in [0.717, 1.165) is 26.3 Å². The van der Waals surface area contributed by atoms with Crippen LogP contribution in [0.1, 0.15) is 10.4 Å². The van der Waals surface area contributed by atoms with E-state index in [1.807, 2.05) is 60.7 Å². The smallest absolute Gasteiger partial charge is 0.261 e. The fourth-order valence-corrected chi connectivity index (χ4v) is 5.38. The van der Waals surface area contributed by atoms with E-state index in [-0.39, 0.29) is 5.11 Å². The normalized spacial score (nSPS) is 10.9. The Kier molecular flexibility index (Phi) is 6.55. The molecule has 0 fully saturated rings. The monoisotopic (exact) mass is 609 g/mol. The number of carbonyl (C=O) groups is 1. The number of thiocarbonyl (C=S) groups is 1. The Bertz CT molecular complexity index is 1620. The van der Waals surface area contributed by atoms with Crippen molar-refractivity contribution in [3.05, 3.63) is 87.3 Å². The molecule has 35 heavy (non-hydrogen) atoms. The molecule has 1 heterocycles. The third kappa shape index (κ3) is 4.80. The summed E-state index contributed by atoms with van der Waals surface area (Å²) in [5.41, 5.74) is 3.33. The van der Waals surface area contributed by atoms with Gasteiger partial charge in [0.1, 0.15) is 11.3 Å². The van der Waals surface area contributed by atoms with E-state index < -0.39 is 5.91 Å².